The molecule has 1 aromatic rings. The SMILES string of the molecule is CCCCC1CCC(CCC2CCC(CCc3ccc(C4CCC(CC)CC4)cc3)CC2)CC1. The van der Waals surface area contributed by atoms with E-state index in [-0.39, 0.29) is 0 Å². The Kier molecular flexibility index (Phi) is 10.9. The molecule has 3 aliphatic rings. The highest BCUT2D eigenvalue weighted by Gasteiger charge is 2.25. The van der Waals surface area contributed by atoms with Crippen LogP contribution in [0.25, 0.3) is 0 Å². The molecule has 0 bridgehead atoms. The van der Waals surface area contributed by atoms with E-state index >= 15 is 0 Å². The van der Waals surface area contributed by atoms with Crippen molar-refractivity contribution in [1.82, 2.24) is 0 Å². The Bertz CT molecular complexity index is 648. The summed E-state index contributed by atoms with van der Waals surface area (Å²) in [6.45, 7) is 4.71. The van der Waals surface area contributed by atoms with Crippen molar-refractivity contribution in [1.29, 1.82) is 0 Å². The quantitative estimate of drug-likeness (QED) is 0.305. The van der Waals surface area contributed by atoms with Gasteiger partial charge in [0.1, 0.15) is 0 Å². The zero-order valence-electron chi connectivity index (χ0n) is 22.9. The average Bonchev–Trinajstić information content (AvgIpc) is 2.91. The van der Waals surface area contributed by atoms with Gasteiger partial charge in [-0.1, -0.05) is 128 Å². The lowest BCUT2D eigenvalue weighted by Gasteiger charge is -2.32. The number of aryl methyl sites for hydroxylation is 1. The summed E-state index contributed by atoms with van der Waals surface area (Å²) in [5.41, 5.74) is 3.20. The predicted octanol–water partition coefficient (Wildman–Crippen LogP) is 10.9. The van der Waals surface area contributed by atoms with E-state index in [0.717, 1.165) is 35.5 Å². The second kappa shape index (κ2) is 14.1. The largest absolute Gasteiger partial charge is 0.0654 e. The van der Waals surface area contributed by atoms with Gasteiger partial charge >= 0.3 is 0 Å². The summed E-state index contributed by atoms with van der Waals surface area (Å²) in [6, 6.07) is 9.87. The van der Waals surface area contributed by atoms with Gasteiger partial charge in [-0.25, -0.2) is 0 Å². The molecule has 0 aliphatic heterocycles. The van der Waals surface area contributed by atoms with Crippen molar-refractivity contribution >= 4 is 0 Å². The minimum absolute atomic E-state index is 0.836. The molecule has 0 saturated heterocycles. The van der Waals surface area contributed by atoms with Crippen LogP contribution in [0.4, 0.5) is 0 Å². The highest BCUT2D eigenvalue weighted by Crippen LogP contribution is 2.39. The third-order valence-corrected chi connectivity index (χ3v) is 10.6. The highest BCUT2D eigenvalue weighted by atomic mass is 14.3. The van der Waals surface area contributed by atoms with E-state index in [1.54, 1.807) is 49.7 Å². The first kappa shape index (κ1) is 26.3. The van der Waals surface area contributed by atoms with Crippen LogP contribution in [0.5, 0.6) is 0 Å². The zero-order chi connectivity index (χ0) is 23.6. The maximum Gasteiger partial charge on any atom is -0.0162 e. The van der Waals surface area contributed by atoms with Crippen molar-refractivity contribution < 1.29 is 0 Å². The topological polar surface area (TPSA) is 0 Å². The Morgan fingerprint density at radius 1 is 0.529 bits per heavy atom. The minimum atomic E-state index is 0.836. The Hall–Kier alpha value is -0.780. The molecule has 0 amide bonds. The number of benzene rings is 1. The summed E-state index contributed by atoms with van der Waals surface area (Å²) in [6.07, 6.45) is 29.5. The van der Waals surface area contributed by atoms with Gasteiger partial charge < -0.3 is 0 Å². The summed E-state index contributed by atoms with van der Waals surface area (Å²) >= 11 is 0. The van der Waals surface area contributed by atoms with Gasteiger partial charge in [-0.05, 0) is 85.2 Å². The predicted molar refractivity (Wildman–Crippen MR) is 149 cm³/mol. The van der Waals surface area contributed by atoms with Crippen molar-refractivity contribution in [2.45, 2.75) is 148 Å². The maximum atomic E-state index is 2.47. The fourth-order valence-corrected chi connectivity index (χ4v) is 7.81. The molecule has 0 radical (unpaired) electrons. The molecular weight excluding hydrogens is 408 g/mol. The molecule has 0 unspecified atom stereocenters. The molecule has 1 aromatic carbocycles. The third-order valence-electron chi connectivity index (χ3n) is 10.6. The van der Waals surface area contributed by atoms with Crippen LogP contribution >= 0.6 is 0 Å². The summed E-state index contributed by atoms with van der Waals surface area (Å²) in [5.74, 6) is 6.03. The van der Waals surface area contributed by atoms with Crippen LogP contribution in [-0.4, -0.2) is 0 Å². The molecule has 0 aromatic heterocycles. The van der Waals surface area contributed by atoms with E-state index < -0.39 is 0 Å². The lowest BCUT2D eigenvalue weighted by molar-refractivity contribution is 0.209. The molecule has 0 nitrogen and oxygen atoms in total. The molecule has 0 heteroatoms. The van der Waals surface area contributed by atoms with Gasteiger partial charge in [0.05, 0.1) is 0 Å². The van der Waals surface area contributed by atoms with E-state index in [9.17, 15) is 0 Å². The summed E-state index contributed by atoms with van der Waals surface area (Å²) < 4.78 is 0. The van der Waals surface area contributed by atoms with Gasteiger partial charge in [0.15, 0.2) is 0 Å². The third kappa shape index (κ3) is 8.13. The van der Waals surface area contributed by atoms with Crippen molar-refractivity contribution in [2.24, 2.45) is 29.6 Å². The monoisotopic (exact) mass is 464 g/mol. The molecule has 192 valence electrons. The van der Waals surface area contributed by atoms with Crippen LogP contribution in [0.3, 0.4) is 0 Å². The van der Waals surface area contributed by atoms with Crippen LogP contribution in [0.2, 0.25) is 0 Å². The average molecular weight is 465 g/mol. The standard InChI is InChI=1S/C34H56/c1-3-5-6-28-7-9-29(10-8-28)11-12-30-13-15-31(16-14-30)17-18-32-21-25-34(26-22-32)33-23-19-27(4-2)20-24-33/h21-22,25-31,33H,3-20,23-24H2,1-2H3. The zero-order valence-corrected chi connectivity index (χ0v) is 22.9. The Morgan fingerprint density at radius 2 is 1.00 bits per heavy atom. The van der Waals surface area contributed by atoms with Crippen LogP contribution in [0.15, 0.2) is 24.3 Å². The number of hydrogen-bond donors (Lipinski definition) is 0. The summed E-state index contributed by atoms with van der Waals surface area (Å²) in [5, 5.41) is 0. The van der Waals surface area contributed by atoms with Gasteiger partial charge in [0.25, 0.3) is 0 Å². The van der Waals surface area contributed by atoms with E-state index in [2.05, 4.69) is 38.1 Å². The second-order valence-corrected chi connectivity index (χ2v) is 12.9. The van der Waals surface area contributed by atoms with Crippen molar-refractivity contribution in [3.8, 4) is 0 Å². The minimum Gasteiger partial charge on any atom is -0.0654 e. The molecule has 3 aliphatic carbocycles. The van der Waals surface area contributed by atoms with Crippen LogP contribution < -0.4 is 0 Å². The van der Waals surface area contributed by atoms with E-state index in [0.29, 0.717) is 0 Å². The Morgan fingerprint density at radius 3 is 1.50 bits per heavy atom. The highest BCUT2D eigenvalue weighted by molar-refractivity contribution is 5.26. The van der Waals surface area contributed by atoms with Crippen LogP contribution in [0, 0.1) is 29.6 Å². The van der Waals surface area contributed by atoms with Crippen molar-refractivity contribution in [3.05, 3.63) is 35.4 Å². The number of unbranched alkanes of at least 4 members (excludes halogenated alkanes) is 1. The molecule has 0 atom stereocenters. The van der Waals surface area contributed by atoms with Gasteiger partial charge in [-0.15, -0.1) is 0 Å². The fraction of sp³-hybridized carbons (Fsp3) is 0.824. The Balaban J connectivity index is 1.08. The number of hydrogen-bond acceptors (Lipinski definition) is 0. The lowest BCUT2D eigenvalue weighted by Crippen LogP contribution is -2.18. The summed E-state index contributed by atoms with van der Waals surface area (Å²) in [7, 11) is 0. The lowest BCUT2D eigenvalue weighted by atomic mass is 9.74. The molecule has 4 rings (SSSR count). The van der Waals surface area contributed by atoms with Gasteiger partial charge in [-0.2, -0.15) is 0 Å². The summed E-state index contributed by atoms with van der Waals surface area (Å²) in [4.78, 5) is 0. The maximum absolute atomic E-state index is 2.47. The van der Waals surface area contributed by atoms with E-state index in [4.69, 9.17) is 0 Å². The first-order valence-corrected chi connectivity index (χ1v) is 15.8. The van der Waals surface area contributed by atoms with Crippen LogP contribution in [-0.2, 0) is 6.42 Å². The van der Waals surface area contributed by atoms with Crippen molar-refractivity contribution in [2.75, 3.05) is 0 Å². The second-order valence-electron chi connectivity index (χ2n) is 12.9. The van der Waals surface area contributed by atoms with Gasteiger partial charge in [0, 0.05) is 0 Å². The number of rotatable bonds is 11. The first-order valence-electron chi connectivity index (χ1n) is 15.8. The normalized spacial score (nSPS) is 32.5. The van der Waals surface area contributed by atoms with Crippen molar-refractivity contribution in [3.63, 3.8) is 0 Å². The van der Waals surface area contributed by atoms with Crippen LogP contribution in [0.1, 0.15) is 153 Å². The molecular formula is C34H56. The molecule has 0 spiro atoms. The Labute approximate surface area is 213 Å². The van der Waals surface area contributed by atoms with E-state index in [1.165, 1.54) is 89.9 Å². The smallest absolute Gasteiger partial charge is 0.0162 e. The molecule has 3 saturated carbocycles. The first-order chi connectivity index (χ1) is 16.7. The molecule has 34 heavy (non-hydrogen) atoms. The fourth-order valence-electron chi connectivity index (χ4n) is 7.81. The van der Waals surface area contributed by atoms with E-state index in [1.807, 2.05) is 0 Å². The van der Waals surface area contributed by atoms with Gasteiger partial charge in [0.2, 0.25) is 0 Å². The molecule has 0 heterocycles. The molecule has 0 N–H and O–H groups in total. The molecule has 3 fully saturated rings. The van der Waals surface area contributed by atoms with Gasteiger partial charge in [-0.3, -0.25) is 0 Å².